The van der Waals surface area contributed by atoms with E-state index >= 15 is 0 Å². The number of rotatable bonds is 5. The van der Waals surface area contributed by atoms with Crippen LogP contribution < -0.4 is 4.72 Å². The molecule has 0 unspecified atom stereocenters. The average Bonchev–Trinajstić information content (AvgIpc) is 2.61. The lowest BCUT2D eigenvalue weighted by atomic mass is 10.1. The Labute approximate surface area is 145 Å². The molecule has 5 nitrogen and oxygen atoms in total. The van der Waals surface area contributed by atoms with E-state index in [-0.39, 0.29) is 16.5 Å². The predicted molar refractivity (Wildman–Crippen MR) is 92.9 cm³/mol. The predicted octanol–water partition coefficient (Wildman–Crippen LogP) is 3.28. The van der Waals surface area contributed by atoms with Crippen LogP contribution in [0.4, 0.5) is 0 Å². The number of hydrogen-bond acceptors (Lipinski definition) is 4. The maximum Gasteiger partial charge on any atom is 0.242 e. The van der Waals surface area contributed by atoms with Crippen LogP contribution in [0.2, 0.25) is 5.02 Å². The average molecular weight is 360 g/mol. The van der Waals surface area contributed by atoms with E-state index in [2.05, 4.69) is 14.7 Å². The van der Waals surface area contributed by atoms with E-state index in [0.29, 0.717) is 5.69 Å². The van der Waals surface area contributed by atoms with Gasteiger partial charge in [0.1, 0.15) is 11.2 Å². The number of aromatic nitrogens is 2. The maximum atomic E-state index is 12.3. The molecule has 7 heteroatoms. The normalized spacial score (nSPS) is 11.4. The molecule has 0 amide bonds. The summed E-state index contributed by atoms with van der Waals surface area (Å²) in [7, 11) is -3.71. The molecule has 24 heavy (non-hydrogen) atoms. The van der Waals surface area contributed by atoms with Crippen LogP contribution in [0.3, 0.4) is 0 Å². The topological polar surface area (TPSA) is 72.0 Å². The number of hydrogen-bond donors (Lipinski definition) is 1. The minimum absolute atomic E-state index is 0.0454. The molecule has 0 bridgehead atoms. The highest BCUT2D eigenvalue weighted by molar-refractivity contribution is 7.89. The Balaban J connectivity index is 1.79. The highest BCUT2D eigenvalue weighted by Gasteiger charge is 2.17. The summed E-state index contributed by atoms with van der Waals surface area (Å²) in [6.07, 6.45) is 1.42. The quantitative estimate of drug-likeness (QED) is 0.758. The van der Waals surface area contributed by atoms with Gasteiger partial charge in [-0.05, 0) is 18.2 Å². The fourth-order valence-electron chi connectivity index (χ4n) is 2.17. The van der Waals surface area contributed by atoms with Crippen molar-refractivity contribution in [2.75, 3.05) is 0 Å². The molecule has 1 N–H and O–H groups in total. The van der Waals surface area contributed by atoms with Gasteiger partial charge in [0.25, 0.3) is 0 Å². The molecule has 2 aromatic carbocycles. The van der Waals surface area contributed by atoms with Crippen molar-refractivity contribution in [1.29, 1.82) is 0 Å². The fourth-order valence-corrected chi connectivity index (χ4v) is 3.69. The van der Waals surface area contributed by atoms with Gasteiger partial charge in [-0.15, -0.1) is 0 Å². The van der Waals surface area contributed by atoms with Crippen molar-refractivity contribution in [2.24, 2.45) is 0 Å². The molecule has 0 saturated heterocycles. The molecule has 1 aromatic heterocycles. The minimum Gasteiger partial charge on any atom is -0.240 e. The van der Waals surface area contributed by atoms with Gasteiger partial charge in [-0.3, -0.25) is 0 Å². The van der Waals surface area contributed by atoms with Crippen LogP contribution in [-0.4, -0.2) is 18.4 Å². The zero-order chi connectivity index (χ0) is 17.0. The molecule has 0 spiro atoms. The van der Waals surface area contributed by atoms with Crippen molar-refractivity contribution in [3.63, 3.8) is 0 Å². The van der Waals surface area contributed by atoms with Crippen LogP contribution in [0.25, 0.3) is 11.3 Å². The van der Waals surface area contributed by atoms with Gasteiger partial charge in [-0.25, -0.2) is 23.1 Å². The van der Waals surface area contributed by atoms with E-state index in [4.69, 9.17) is 11.6 Å². The number of halogens is 1. The fraction of sp³-hybridized carbons (Fsp3) is 0.0588. The van der Waals surface area contributed by atoms with E-state index in [1.54, 1.807) is 18.2 Å². The van der Waals surface area contributed by atoms with Crippen LogP contribution in [0.15, 0.2) is 71.9 Å². The molecule has 0 fully saturated rings. The Hall–Kier alpha value is -2.28. The second kappa shape index (κ2) is 7.09. The Kier molecular flexibility index (Phi) is 4.89. The first kappa shape index (κ1) is 16.6. The summed E-state index contributed by atoms with van der Waals surface area (Å²) in [5, 5.41) is 0.178. The molecule has 3 rings (SSSR count). The van der Waals surface area contributed by atoms with E-state index in [1.807, 2.05) is 30.3 Å². The van der Waals surface area contributed by atoms with E-state index in [0.717, 1.165) is 11.3 Å². The third-order valence-electron chi connectivity index (χ3n) is 3.36. The minimum atomic E-state index is -3.71. The third-order valence-corrected chi connectivity index (χ3v) is 5.26. The first-order valence-corrected chi connectivity index (χ1v) is 9.03. The molecule has 122 valence electrons. The van der Waals surface area contributed by atoms with Gasteiger partial charge in [-0.2, -0.15) is 0 Å². The largest absolute Gasteiger partial charge is 0.242 e. The molecule has 0 saturated carbocycles. The summed E-state index contributed by atoms with van der Waals surface area (Å²) in [5.74, 6) is 0. The Morgan fingerprint density at radius 3 is 2.42 bits per heavy atom. The van der Waals surface area contributed by atoms with Gasteiger partial charge in [0.15, 0.2) is 0 Å². The van der Waals surface area contributed by atoms with Crippen molar-refractivity contribution >= 4 is 21.6 Å². The lowest BCUT2D eigenvalue weighted by Crippen LogP contribution is -2.24. The molecular formula is C17H14ClN3O2S. The van der Waals surface area contributed by atoms with Gasteiger partial charge in [0.05, 0.1) is 23.0 Å². The molecule has 0 aliphatic rings. The molecular weight excluding hydrogens is 346 g/mol. The highest BCUT2D eigenvalue weighted by atomic mass is 35.5. The zero-order valence-corrected chi connectivity index (χ0v) is 14.1. The number of benzene rings is 2. The lowest BCUT2D eigenvalue weighted by Gasteiger charge is -2.08. The summed E-state index contributed by atoms with van der Waals surface area (Å²) in [6, 6.07) is 17.7. The maximum absolute atomic E-state index is 12.3. The van der Waals surface area contributed by atoms with E-state index in [1.165, 1.54) is 18.5 Å². The van der Waals surface area contributed by atoms with Crippen molar-refractivity contribution in [1.82, 2.24) is 14.7 Å². The van der Waals surface area contributed by atoms with E-state index < -0.39 is 10.0 Å². The monoisotopic (exact) mass is 359 g/mol. The van der Waals surface area contributed by atoms with Crippen molar-refractivity contribution in [3.05, 3.63) is 77.7 Å². The standard InChI is InChI=1S/C17H14ClN3O2S/c18-15-8-4-5-9-17(15)24(22,23)21-11-14-10-16(20-12-19-14)13-6-2-1-3-7-13/h1-10,12,21H,11H2. The van der Waals surface area contributed by atoms with Gasteiger partial charge >= 0.3 is 0 Å². The second-order valence-corrected chi connectivity index (χ2v) is 7.16. The SMILES string of the molecule is O=S(=O)(NCc1cc(-c2ccccc2)ncn1)c1ccccc1Cl. The van der Waals surface area contributed by atoms with Crippen molar-refractivity contribution in [3.8, 4) is 11.3 Å². The third kappa shape index (κ3) is 3.79. The Morgan fingerprint density at radius 2 is 1.67 bits per heavy atom. The highest BCUT2D eigenvalue weighted by Crippen LogP contribution is 2.21. The van der Waals surface area contributed by atoms with Gasteiger partial charge < -0.3 is 0 Å². The van der Waals surface area contributed by atoms with Crippen LogP contribution in [0.5, 0.6) is 0 Å². The first-order chi connectivity index (χ1) is 11.6. The summed E-state index contributed by atoms with van der Waals surface area (Å²) < 4.78 is 27.2. The van der Waals surface area contributed by atoms with E-state index in [9.17, 15) is 8.42 Å². The van der Waals surface area contributed by atoms with Crippen LogP contribution in [0, 0.1) is 0 Å². The molecule has 1 heterocycles. The van der Waals surface area contributed by atoms with Crippen molar-refractivity contribution in [2.45, 2.75) is 11.4 Å². The number of nitrogens with zero attached hydrogens (tertiary/aromatic N) is 2. The Morgan fingerprint density at radius 1 is 0.958 bits per heavy atom. The molecule has 0 atom stereocenters. The summed E-state index contributed by atoms with van der Waals surface area (Å²) in [4.78, 5) is 8.38. The summed E-state index contributed by atoms with van der Waals surface area (Å²) in [6.45, 7) is 0.0515. The lowest BCUT2D eigenvalue weighted by molar-refractivity contribution is 0.580. The molecule has 0 radical (unpaired) electrons. The van der Waals surface area contributed by atoms with Gasteiger partial charge in [0, 0.05) is 5.56 Å². The first-order valence-electron chi connectivity index (χ1n) is 7.17. The van der Waals surface area contributed by atoms with Crippen LogP contribution >= 0.6 is 11.6 Å². The summed E-state index contributed by atoms with van der Waals surface area (Å²) >= 11 is 5.95. The van der Waals surface area contributed by atoms with Crippen LogP contribution in [0.1, 0.15) is 5.69 Å². The van der Waals surface area contributed by atoms with Crippen molar-refractivity contribution < 1.29 is 8.42 Å². The zero-order valence-electron chi connectivity index (χ0n) is 12.6. The molecule has 3 aromatic rings. The summed E-state index contributed by atoms with van der Waals surface area (Å²) in [5.41, 5.74) is 2.24. The van der Waals surface area contributed by atoms with Gasteiger partial charge in [-0.1, -0.05) is 54.1 Å². The number of nitrogens with one attached hydrogen (secondary N) is 1. The van der Waals surface area contributed by atoms with Crippen LogP contribution in [-0.2, 0) is 16.6 Å². The molecule has 0 aliphatic carbocycles. The Bertz CT molecular complexity index is 947. The smallest absolute Gasteiger partial charge is 0.240 e. The molecule has 0 aliphatic heterocycles. The number of sulfonamides is 1. The van der Waals surface area contributed by atoms with Gasteiger partial charge in [0.2, 0.25) is 10.0 Å². The second-order valence-electron chi connectivity index (χ2n) is 5.02.